The first-order valence-electron chi connectivity index (χ1n) is 6.60. The van der Waals surface area contributed by atoms with Gasteiger partial charge in [-0.1, -0.05) is 6.07 Å². The van der Waals surface area contributed by atoms with Gasteiger partial charge in [-0.15, -0.1) is 0 Å². The third-order valence-corrected chi connectivity index (χ3v) is 3.76. The molecule has 1 aromatic carbocycles. The molecule has 5 heteroatoms. The number of amides is 1. The van der Waals surface area contributed by atoms with Gasteiger partial charge in [0.05, 0.1) is 18.4 Å². The molecule has 2 aliphatic rings. The van der Waals surface area contributed by atoms with E-state index in [-0.39, 0.29) is 18.1 Å². The third-order valence-electron chi connectivity index (χ3n) is 3.76. The lowest BCUT2D eigenvalue weighted by Crippen LogP contribution is -2.44. The molecule has 3 rings (SSSR count). The number of benzene rings is 1. The van der Waals surface area contributed by atoms with E-state index in [1.807, 2.05) is 25.1 Å². The van der Waals surface area contributed by atoms with Crippen molar-refractivity contribution in [3.63, 3.8) is 0 Å². The summed E-state index contributed by atoms with van der Waals surface area (Å²) in [6.45, 7) is 3.26. The lowest BCUT2D eigenvalue weighted by Gasteiger charge is -2.33. The van der Waals surface area contributed by atoms with E-state index in [4.69, 9.17) is 9.47 Å². The van der Waals surface area contributed by atoms with Crippen molar-refractivity contribution in [2.24, 2.45) is 0 Å². The minimum absolute atomic E-state index is 0.0270. The van der Waals surface area contributed by atoms with E-state index in [0.29, 0.717) is 6.61 Å². The average molecular weight is 262 g/mol. The Balaban J connectivity index is 2.00. The van der Waals surface area contributed by atoms with Gasteiger partial charge in [-0.25, -0.2) is 0 Å². The van der Waals surface area contributed by atoms with Crippen molar-refractivity contribution in [2.45, 2.75) is 25.5 Å². The summed E-state index contributed by atoms with van der Waals surface area (Å²) in [4.78, 5) is 14.3. The number of carbonyl (C=O) groups excluding carboxylic acids is 1. The zero-order chi connectivity index (χ0) is 13.4. The van der Waals surface area contributed by atoms with Crippen LogP contribution in [0.2, 0.25) is 0 Å². The molecule has 1 saturated heterocycles. The van der Waals surface area contributed by atoms with Gasteiger partial charge >= 0.3 is 0 Å². The molecule has 0 radical (unpaired) electrons. The Kier molecular flexibility index (Phi) is 3.06. The summed E-state index contributed by atoms with van der Waals surface area (Å²) in [7, 11) is 1.69. The van der Waals surface area contributed by atoms with E-state index in [9.17, 15) is 4.79 Å². The maximum atomic E-state index is 12.2. The van der Waals surface area contributed by atoms with Crippen LogP contribution in [-0.2, 0) is 9.53 Å². The number of nitrogens with zero attached hydrogens (tertiary/aromatic N) is 1. The Bertz CT molecular complexity index is 503. The van der Waals surface area contributed by atoms with E-state index in [2.05, 4.69) is 10.2 Å². The zero-order valence-corrected chi connectivity index (χ0v) is 11.2. The number of methoxy groups -OCH3 is 1. The van der Waals surface area contributed by atoms with E-state index < -0.39 is 0 Å². The second-order valence-corrected chi connectivity index (χ2v) is 4.83. The molecule has 1 N–H and O–H groups in total. The Labute approximate surface area is 112 Å². The first-order chi connectivity index (χ1) is 9.24. The second kappa shape index (κ2) is 4.74. The lowest BCUT2D eigenvalue weighted by atomic mass is 10.1. The number of para-hydroxylation sites is 1. The molecule has 0 bridgehead atoms. The molecule has 1 amide bonds. The van der Waals surface area contributed by atoms with Crippen LogP contribution in [-0.4, -0.2) is 38.3 Å². The number of anilines is 2. The molecule has 2 aliphatic heterocycles. The maximum Gasteiger partial charge on any atom is 0.247 e. The minimum atomic E-state index is -0.130. The molecule has 2 atom stereocenters. The normalized spacial score (nSPS) is 24.7. The number of carbonyl (C=O) groups is 1. The molecule has 0 aromatic heterocycles. The summed E-state index contributed by atoms with van der Waals surface area (Å²) in [5.41, 5.74) is 1.80. The van der Waals surface area contributed by atoms with Gasteiger partial charge in [0.2, 0.25) is 5.91 Å². The van der Waals surface area contributed by atoms with Crippen molar-refractivity contribution in [1.82, 2.24) is 0 Å². The summed E-state index contributed by atoms with van der Waals surface area (Å²) in [5.74, 6) is 0.756. The van der Waals surface area contributed by atoms with E-state index in [1.54, 1.807) is 7.11 Å². The minimum Gasteiger partial charge on any atom is -0.492 e. The number of rotatable bonds is 3. The average Bonchev–Trinajstić information content (AvgIpc) is 2.85. The van der Waals surface area contributed by atoms with E-state index in [1.165, 1.54) is 0 Å². The lowest BCUT2D eigenvalue weighted by molar-refractivity contribution is -0.117. The van der Waals surface area contributed by atoms with Crippen LogP contribution in [0.5, 0.6) is 5.75 Å². The molecule has 19 heavy (non-hydrogen) atoms. The van der Waals surface area contributed by atoms with Crippen LogP contribution in [0.3, 0.4) is 0 Å². The summed E-state index contributed by atoms with van der Waals surface area (Å²) in [6, 6.07) is 5.72. The SMILES string of the molecule is CCOc1cccc2c1NC(=O)C1CC(OC)CN21. The van der Waals surface area contributed by atoms with Gasteiger partial charge in [0.1, 0.15) is 17.5 Å². The number of nitrogens with one attached hydrogen (secondary N) is 1. The van der Waals surface area contributed by atoms with Crippen LogP contribution in [0.15, 0.2) is 18.2 Å². The number of fused-ring (bicyclic) bond motifs is 3. The number of ether oxygens (including phenoxy) is 2. The highest BCUT2D eigenvalue weighted by atomic mass is 16.5. The summed E-state index contributed by atoms with van der Waals surface area (Å²) < 4.78 is 11.0. The summed E-state index contributed by atoms with van der Waals surface area (Å²) in [5, 5.41) is 2.97. The van der Waals surface area contributed by atoms with Gasteiger partial charge < -0.3 is 19.7 Å². The molecule has 5 nitrogen and oxygen atoms in total. The largest absolute Gasteiger partial charge is 0.492 e. The summed E-state index contributed by atoms with van der Waals surface area (Å²) in [6.07, 6.45) is 0.845. The Morgan fingerprint density at radius 1 is 1.47 bits per heavy atom. The van der Waals surface area contributed by atoms with Crippen LogP contribution in [0.25, 0.3) is 0 Å². The van der Waals surface area contributed by atoms with Gasteiger partial charge in [0.25, 0.3) is 0 Å². The predicted octanol–water partition coefficient (Wildman–Crippen LogP) is 1.63. The Morgan fingerprint density at radius 3 is 3.05 bits per heavy atom. The molecular weight excluding hydrogens is 244 g/mol. The van der Waals surface area contributed by atoms with Crippen LogP contribution >= 0.6 is 0 Å². The first-order valence-corrected chi connectivity index (χ1v) is 6.60. The van der Waals surface area contributed by atoms with Crippen molar-refractivity contribution in [3.8, 4) is 5.75 Å². The topological polar surface area (TPSA) is 50.8 Å². The standard InChI is InChI=1S/C14H18N2O3/c1-3-19-12-6-4-5-10-13(12)15-14(17)11-7-9(18-2)8-16(10)11/h4-6,9,11H,3,7-8H2,1-2H3,(H,15,17). The van der Waals surface area contributed by atoms with Gasteiger partial charge in [-0.2, -0.15) is 0 Å². The fraction of sp³-hybridized carbons (Fsp3) is 0.500. The van der Waals surface area contributed by atoms with Crippen LogP contribution in [0.4, 0.5) is 11.4 Å². The molecular formula is C14H18N2O3. The van der Waals surface area contributed by atoms with E-state index in [0.717, 1.165) is 30.1 Å². The Hall–Kier alpha value is -1.75. The zero-order valence-electron chi connectivity index (χ0n) is 11.2. The number of hydrogen-bond donors (Lipinski definition) is 1. The fourth-order valence-electron chi connectivity index (χ4n) is 2.85. The molecule has 0 saturated carbocycles. The van der Waals surface area contributed by atoms with Crippen molar-refractivity contribution in [1.29, 1.82) is 0 Å². The molecule has 102 valence electrons. The smallest absolute Gasteiger partial charge is 0.247 e. The first kappa shape index (κ1) is 12.3. The van der Waals surface area contributed by atoms with Crippen molar-refractivity contribution >= 4 is 17.3 Å². The monoisotopic (exact) mass is 262 g/mol. The van der Waals surface area contributed by atoms with Gasteiger partial charge in [-0.05, 0) is 19.1 Å². The Morgan fingerprint density at radius 2 is 2.32 bits per heavy atom. The van der Waals surface area contributed by atoms with Crippen LogP contribution in [0.1, 0.15) is 13.3 Å². The van der Waals surface area contributed by atoms with Gasteiger partial charge in [-0.3, -0.25) is 4.79 Å². The molecule has 2 heterocycles. The highest BCUT2D eigenvalue weighted by Crippen LogP contribution is 2.42. The highest BCUT2D eigenvalue weighted by molar-refractivity contribution is 6.05. The third kappa shape index (κ3) is 1.94. The van der Waals surface area contributed by atoms with E-state index >= 15 is 0 Å². The highest BCUT2D eigenvalue weighted by Gasteiger charge is 2.41. The predicted molar refractivity (Wildman–Crippen MR) is 72.8 cm³/mol. The molecule has 1 aromatic rings. The van der Waals surface area contributed by atoms with Crippen LogP contribution in [0, 0.1) is 0 Å². The second-order valence-electron chi connectivity index (χ2n) is 4.83. The van der Waals surface area contributed by atoms with Crippen molar-refractivity contribution < 1.29 is 14.3 Å². The maximum absolute atomic E-state index is 12.2. The van der Waals surface area contributed by atoms with Crippen molar-refractivity contribution in [2.75, 3.05) is 30.5 Å². The molecule has 0 aliphatic carbocycles. The van der Waals surface area contributed by atoms with Gasteiger partial charge in [0, 0.05) is 20.1 Å². The number of hydrogen-bond acceptors (Lipinski definition) is 4. The fourth-order valence-corrected chi connectivity index (χ4v) is 2.85. The quantitative estimate of drug-likeness (QED) is 0.899. The van der Waals surface area contributed by atoms with Crippen LogP contribution < -0.4 is 15.0 Å². The van der Waals surface area contributed by atoms with Crippen molar-refractivity contribution in [3.05, 3.63) is 18.2 Å². The molecule has 2 unspecified atom stereocenters. The molecule has 0 spiro atoms. The molecule has 1 fully saturated rings. The summed E-state index contributed by atoms with van der Waals surface area (Å²) >= 11 is 0. The van der Waals surface area contributed by atoms with Gasteiger partial charge in [0.15, 0.2) is 0 Å².